The van der Waals surface area contributed by atoms with Crippen molar-refractivity contribution in [3.63, 3.8) is 0 Å². The van der Waals surface area contributed by atoms with Gasteiger partial charge in [0.1, 0.15) is 5.75 Å². The molecule has 0 saturated heterocycles. The van der Waals surface area contributed by atoms with Gasteiger partial charge in [-0.15, -0.1) is 0 Å². The molecule has 1 saturated carbocycles. The average molecular weight is 516 g/mol. The van der Waals surface area contributed by atoms with Crippen LogP contribution in [0, 0.1) is 5.92 Å². The monoisotopic (exact) mass is 515 g/mol. The minimum absolute atomic E-state index is 0.0859. The molecule has 0 spiro atoms. The third-order valence-corrected chi connectivity index (χ3v) is 7.18. The van der Waals surface area contributed by atoms with Gasteiger partial charge in [0.25, 0.3) is 0 Å². The first-order chi connectivity index (χ1) is 17.9. The van der Waals surface area contributed by atoms with Crippen molar-refractivity contribution >= 4 is 43.2 Å². The third kappa shape index (κ3) is 5.83. The van der Waals surface area contributed by atoms with E-state index in [1.807, 2.05) is 66.7 Å². The predicted molar refractivity (Wildman–Crippen MR) is 147 cm³/mol. The molecule has 0 aromatic heterocycles. The number of ether oxygens (including phenoxy) is 1. The first kappa shape index (κ1) is 25.0. The zero-order valence-corrected chi connectivity index (χ0v) is 21.5. The van der Waals surface area contributed by atoms with Crippen molar-refractivity contribution < 1.29 is 22.2 Å². The number of Topliss-reactive ketones (excluding diaryl/α,β-unsaturated/α-hetero) is 1. The summed E-state index contributed by atoms with van der Waals surface area (Å²) >= 11 is 0. The maximum Gasteiger partial charge on any atom is 0.325 e. The standard InChI is InChI=1S/C30H29NO5S/c1-37(33,34)36-31-29(24-16-15-22-11-5-6-12-23(22)19-24)30(32)27-17-18-28(26-14-8-7-13-25(26)27)35-20-21-9-3-2-4-10-21/h5-8,11-19,21H,2-4,9-10,20H2,1H3/b31-29+. The van der Waals surface area contributed by atoms with Crippen molar-refractivity contribution in [2.75, 3.05) is 12.9 Å². The highest BCUT2D eigenvalue weighted by molar-refractivity contribution is 7.85. The van der Waals surface area contributed by atoms with Gasteiger partial charge in [-0.3, -0.25) is 9.08 Å². The molecule has 6 nitrogen and oxygen atoms in total. The number of rotatable bonds is 8. The van der Waals surface area contributed by atoms with E-state index in [0.29, 0.717) is 29.0 Å². The van der Waals surface area contributed by atoms with Crippen molar-refractivity contribution in [3.05, 3.63) is 90.0 Å². The maximum atomic E-state index is 13.9. The van der Waals surface area contributed by atoms with Crippen LogP contribution in [0.25, 0.3) is 21.5 Å². The highest BCUT2D eigenvalue weighted by Crippen LogP contribution is 2.32. The van der Waals surface area contributed by atoms with Crippen molar-refractivity contribution in [1.82, 2.24) is 0 Å². The highest BCUT2D eigenvalue weighted by atomic mass is 32.2. The predicted octanol–water partition coefficient (Wildman–Crippen LogP) is 6.52. The number of ketones is 1. The normalized spacial score (nSPS) is 15.1. The Balaban J connectivity index is 1.53. The minimum Gasteiger partial charge on any atom is -0.493 e. The van der Waals surface area contributed by atoms with Crippen molar-refractivity contribution in [3.8, 4) is 5.75 Å². The Labute approximate surface area is 217 Å². The summed E-state index contributed by atoms with van der Waals surface area (Å²) in [5.41, 5.74) is 0.774. The summed E-state index contributed by atoms with van der Waals surface area (Å²) in [6.45, 7) is 0.656. The molecule has 4 aromatic carbocycles. The fourth-order valence-corrected chi connectivity index (χ4v) is 5.16. The van der Waals surface area contributed by atoms with Crippen LogP contribution in [0.3, 0.4) is 0 Å². The molecule has 0 amide bonds. The van der Waals surface area contributed by atoms with Crippen LogP contribution in [0.5, 0.6) is 5.75 Å². The second-order valence-corrected chi connectivity index (χ2v) is 11.1. The van der Waals surface area contributed by atoms with Gasteiger partial charge in [-0.2, -0.15) is 8.42 Å². The molecule has 0 heterocycles. The molecule has 1 aliphatic carbocycles. The quantitative estimate of drug-likeness (QED) is 0.152. The third-order valence-electron chi connectivity index (χ3n) is 6.83. The molecule has 0 atom stereocenters. The summed E-state index contributed by atoms with van der Waals surface area (Å²) in [6.07, 6.45) is 7.04. The van der Waals surface area contributed by atoms with E-state index in [0.717, 1.165) is 28.2 Å². The molecule has 0 N–H and O–H groups in total. The minimum atomic E-state index is -3.91. The molecule has 5 rings (SSSR count). The lowest BCUT2D eigenvalue weighted by atomic mass is 9.90. The van der Waals surface area contributed by atoms with Crippen molar-refractivity contribution in [2.45, 2.75) is 32.1 Å². The van der Waals surface area contributed by atoms with Gasteiger partial charge in [0.15, 0.2) is 5.71 Å². The Morgan fingerprint density at radius 3 is 2.32 bits per heavy atom. The zero-order chi connectivity index (χ0) is 25.8. The van der Waals surface area contributed by atoms with Gasteiger partial charge in [-0.25, -0.2) is 0 Å². The van der Waals surface area contributed by atoms with E-state index in [4.69, 9.17) is 9.02 Å². The number of benzene rings is 4. The molecule has 0 aliphatic heterocycles. The number of hydrogen-bond acceptors (Lipinski definition) is 6. The van der Waals surface area contributed by atoms with Crippen LogP contribution >= 0.6 is 0 Å². The molecular formula is C30H29NO5S. The Morgan fingerprint density at radius 1 is 0.865 bits per heavy atom. The van der Waals surface area contributed by atoms with E-state index >= 15 is 0 Å². The van der Waals surface area contributed by atoms with E-state index < -0.39 is 15.9 Å². The summed E-state index contributed by atoms with van der Waals surface area (Å²) in [5.74, 6) is 0.844. The summed E-state index contributed by atoms with van der Waals surface area (Å²) in [5, 5.41) is 7.25. The average Bonchev–Trinajstić information content (AvgIpc) is 2.91. The summed E-state index contributed by atoms with van der Waals surface area (Å²) in [7, 11) is -3.91. The second kappa shape index (κ2) is 10.7. The molecule has 0 bridgehead atoms. The lowest BCUT2D eigenvalue weighted by molar-refractivity contribution is 0.106. The van der Waals surface area contributed by atoms with Crippen LogP contribution in [-0.2, 0) is 14.4 Å². The fourth-order valence-electron chi connectivity index (χ4n) is 4.95. The van der Waals surface area contributed by atoms with Crippen LogP contribution in [0.2, 0.25) is 0 Å². The van der Waals surface area contributed by atoms with Gasteiger partial charge in [0.05, 0.1) is 12.9 Å². The molecule has 0 unspecified atom stereocenters. The molecular weight excluding hydrogens is 486 g/mol. The van der Waals surface area contributed by atoms with Crippen LogP contribution in [-0.4, -0.2) is 32.8 Å². The molecule has 0 radical (unpaired) electrons. The zero-order valence-electron chi connectivity index (χ0n) is 20.7. The smallest absolute Gasteiger partial charge is 0.325 e. The van der Waals surface area contributed by atoms with Crippen LogP contribution < -0.4 is 4.74 Å². The first-order valence-electron chi connectivity index (χ1n) is 12.5. The fraction of sp³-hybridized carbons (Fsp3) is 0.267. The van der Waals surface area contributed by atoms with E-state index in [-0.39, 0.29) is 5.71 Å². The summed E-state index contributed by atoms with van der Waals surface area (Å²) < 4.78 is 34.5. The molecule has 7 heteroatoms. The first-order valence-corrected chi connectivity index (χ1v) is 14.4. The summed E-state index contributed by atoms with van der Waals surface area (Å²) in [6, 6.07) is 24.2. The van der Waals surface area contributed by atoms with Crippen molar-refractivity contribution in [1.29, 1.82) is 0 Å². The topological polar surface area (TPSA) is 82.0 Å². The number of nitrogens with zero attached hydrogens (tertiary/aromatic N) is 1. The Hall–Kier alpha value is -3.71. The SMILES string of the molecule is CS(=O)(=O)O/N=C(/C(=O)c1ccc(OCC2CCCCC2)c2ccccc12)c1ccc2ccccc2c1. The van der Waals surface area contributed by atoms with Crippen LogP contribution in [0.1, 0.15) is 48.0 Å². The number of hydrogen-bond donors (Lipinski definition) is 0. The van der Waals surface area contributed by atoms with Gasteiger partial charge in [0.2, 0.25) is 5.78 Å². The van der Waals surface area contributed by atoms with Gasteiger partial charge >= 0.3 is 10.1 Å². The van der Waals surface area contributed by atoms with Gasteiger partial charge in [0, 0.05) is 16.5 Å². The van der Waals surface area contributed by atoms with Gasteiger partial charge < -0.3 is 4.74 Å². The lowest BCUT2D eigenvalue weighted by Gasteiger charge is -2.22. The van der Waals surface area contributed by atoms with Gasteiger partial charge in [-0.05, 0) is 53.1 Å². The van der Waals surface area contributed by atoms with E-state index in [1.165, 1.54) is 32.1 Å². The molecule has 37 heavy (non-hydrogen) atoms. The van der Waals surface area contributed by atoms with Crippen molar-refractivity contribution in [2.24, 2.45) is 11.1 Å². The Morgan fingerprint density at radius 2 is 1.57 bits per heavy atom. The maximum absolute atomic E-state index is 13.9. The summed E-state index contributed by atoms with van der Waals surface area (Å²) in [4.78, 5) is 13.9. The van der Waals surface area contributed by atoms with E-state index in [2.05, 4.69) is 5.16 Å². The number of oxime groups is 1. The Kier molecular flexibility index (Phi) is 7.24. The number of fused-ring (bicyclic) bond motifs is 2. The largest absolute Gasteiger partial charge is 0.493 e. The van der Waals surface area contributed by atoms with E-state index in [1.54, 1.807) is 12.1 Å². The highest BCUT2D eigenvalue weighted by Gasteiger charge is 2.23. The second-order valence-electron chi connectivity index (χ2n) is 9.58. The van der Waals surface area contributed by atoms with Crippen LogP contribution in [0.4, 0.5) is 0 Å². The van der Waals surface area contributed by atoms with Gasteiger partial charge in [-0.1, -0.05) is 85.1 Å². The molecule has 4 aromatic rings. The molecule has 1 aliphatic rings. The van der Waals surface area contributed by atoms with E-state index in [9.17, 15) is 13.2 Å². The number of carbonyl (C=O) groups excluding carboxylic acids is 1. The molecule has 1 fully saturated rings. The molecule has 190 valence electrons. The lowest BCUT2D eigenvalue weighted by Crippen LogP contribution is -2.18. The number of carbonyl (C=O) groups is 1. The Bertz CT molecular complexity index is 1590. The van der Waals surface area contributed by atoms with Crippen LogP contribution in [0.15, 0.2) is 84.0 Å².